The molecular formula is C34H58Si. The lowest BCUT2D eigenvalue weighted by Gasteiger charge is -2.20. The SMILES string of the molecule is CCCCCCCCCCCCCCCCCCC1C(C)=CC(C(C)CC)=C1[SiH2]c1ccccc1. The van der Waals surface area contributed by atoms with Gasteiger partial charge in [-0.15, -0.1) is 0 Å². The predicted octanol–water partition coefficient (Wildman–Crippen LogP) is 10.0. The molecular weight excluding hydrogens is 436 g/mol. The van der Waals surface area contributed by atoms with Gasteiger partial charge in [0.05, 0.1) is 9.52 Å². The van der Waals surface area contributed by atoms with Gasteiger partial charge in [0.1, 0.15) is 0 Å². The van der Waals surface area contributed by atoms with Gasteiger partial charge in [0, 0.05) is 0 Å². The molecule has 35 heavy (non-hydrogen) atoms. The standard InChI is InChI=1S/C34H58Si/c1-5-7-8-9-10-11-12-13-14-15-16-17-18-19-20-24-27-32-30(4)28-33(29(3)6-2)34(32)35-31-25-22-21-23-26-31/h21-23,25-26,28-29,32H,5-20,24,27,35H2,1-4H3. The van der Waals surface area contributed by atoms with Gasteiger partial charge in [-0.05, 0) is 37.2 Å². The smallest absolute Gasteiger partial charge is 0.0722 e. The zero-order chi connectivity index (χ0) is 25.1. The van der Waals surface area contributed by atoms with Crippen molar-refractivity contribution in [1.29, 1.82) is 0 Å². The Balaban J connectivity index is 1.57. The van der Waals surface area contributed by atoms with E-state index in [1.54, 1.807) is 16.3 Å². The van der Waals surface area contributed by atoms with Crippen LogP contribution in [-0.4, -0.2) is 9.52 Å². The number of hydrogen-bond acceptors (Lipinski definition) is 0. The number of unbranched alkanes of at least 4 members (excludes halogenated alkanes) is 15. The first-order chi connectivity index (χ1) is 17.2. The molecule has 2 atom stereocenters. The Morgan fingerprint density at radius 3 is 1.66 bits per heavy atom. The van der Waals surface area contributed by atoms with E-state index in [4.69, 9.17) is 0 Å². The molecule has 0 N–H and O–H groups in total. The lowest BCUT2D eigenvalue weighted by Crippen LogP contribution is -2.22. The summed E-state index contributed by atoms with van der Waals surface area (Å²) in [6.45, 7) is 9.51. The number of allylic oxidation sites excluding steroid dienone is 4. The van der Waals surface area contributed by atoms with Gasteiger partial charge in [-0.1, -0.05) is 176 Å². The van der Waals surface area contributed by atoms with Gasteiger partial charge in [-0.25, -0.2) is 0 Å². The molecule has 1 aliphatic rings. The molecule has 2 unspecified atom stereocenters. The molecule has 0 bridgehead atoms. The second-order valence-corrected chi connectivity index (χ2v) is 13.4. The Labute approximate surface area is 222 Å². The monoisotopic (exact) mass is 494 g/mol. The highest BCUT2D eigenvalue weighted by Crippen LogP contribution is 2.38. The lowest BCUT2D eigenvalue weighted by molar-refractivity contribution is 0.519. The molecule has 0 saturated heterocycles. The summed E-state index contributed by atoms with van der Waals surface area (Å²) in [5.74, 6) is 1.46. The summed E-state index contributed by atoms with van der Waals surface area (Å²) < 4.78 is 0. The van der Waals surface area contributed by atoms with E-state index in [2.05, 4.69) is 64.1 Å². The van der Waals surface area contributed by atoms with Gasteiger partial charge in [0.2, 0.25) is 0 Å². The molecule has 0 radical (unpaired) electrons. The first-order valence-electron chi connectivity index (χ1n) is 15.6. The third-order valence-corrected chi connectivity index (χ3v) is 10.6. The third-order valence-electron chi connectivity index (χ3n) is 8.45. The maximum Gasteiger partial charge on any atom is 0.0835 e. The van der Waals surface area contributed by atoms with Crippen LogP contribution in [0.15, 0.2) is 52.8 Å². The molecule has 1 aromatic rings. The average molecular weight is 495 g/mol. The van der Waals surface area contributed by atoms with Crippen molar-refractivity contribution >= 4 is 14.7 Å². The maximum atomic E-state index is 2.58. The molecule has 0 spiro atoms. The zero-order valence-corrected chi connectivity index (χ0v) is 25.5. The molecule has 1 aliphatic carbocycles. The van der Waals surface area contributed by atoms with Gasteiger partial charge in [-0.3, -0.25) is 0 Å². The summed E-state index contributed by atoms with van der Waals surface area (Å²) >= 11 is 0. The lowest BCUT2D eigenvalue weighted by atomic mass is 9.95. The average Bonchev–Trinajstić information content (AvgIpc) is 3.18. The van der Waals surface area contributed by atoms with Crippen LogP contribution >= 0.6 is 0 Å². The van der Waals surface area contributed by atoms with E-state index < -0.39 is 0 Å². The summed E-state index contributed by atoms with van der Waals surface area (Å²) in [6.07, 6.45) is 28.5. The fourth-order valence-electron chi connectivity index (χ4n) is 5.93. The van der Waals surface area contributed by atoms with Gasteiger partial charge >= 0.3 is 0 Å². The van der Waals surface area contributed by atoms with Crippen LogP contribution in [0.25, 0.3) is 0 Å². The van der Waals surface area contributed by atoms with Crippen molar-refractivity contribution in [2.45, 2.75) is 143 Å². The van der Waals surface area contributed by atoms with Crippen LogP contribution < -0.4 is 5.19 Å². The summed E-state index contributed by atoms with van der Waals surface area (Å²) in [7, 11) is -0.353. The van der Waals surface area contributed by atoms with Crippen LogP contribution in [0.2, 0.25) is 0 Å². The number of rotatable bonds is 21. The van der Waals surface area contributed by atoms with E-state index in [9.17, 15) is 0 Å². The highest BCUT2D eigenvalue weighted by molar-refractivity contribution is 6.61. The molecule has 0 aromatic heterocycles. The first kappa shape index (κ1) is 30.1. The molecule has 2 rings (SSSR count). The van der Waals surface area contributed by atoms with Crippen molar-refractivity contribution in [1.82, 2.24) is 0 Å². The van der Waals surface area contributed by atoms with Crippen LogP contribution in [-0.2, 0) is 0 Å². The van der Waals surface area contributed by atoms with Crippen LogP contribution in [0, 0.1) is 11.8 Å². The molecule has 1 heteroatoms. The quantitative estimate of drug-likeness (QED) is 0.118. The highest BCUT2D eigenvalue weighted by atomic mass is 28.2. The van der Waals surface area contributed by atoms with E-state index >= 15 is 0 Å². The molecule has 0 amide bonds. The molecule has 0 nitrogen and oxygen atoms in total. The number of hydrogen-bond donors (Lipinski definition) is 0. The van der Waals surface area contributed by atoms with E-state index in [1.807, 2.05) is 5.20 Å². The Morgan fingerprint density at radius 1 is 0.686 bits per heavy atom. The Kier molecular flexibility index (Phi) is 16.4. The fraction of sp³-hybridized carbons (Fsp3) is 0.706. The van der Waals surface area contributed by atoms with Gasteiger partial charge < -0.3 is 0 Å². The van der Waals surface area contributed by atoms with Gasteiger partial charge in [0.15, 0.2) is 0 Å². The van der Waals surface area contributed by atoms with E-state index in [1.165, 1.54) is 116 Å². The van der Waals surface area contributed by atoms with Gasteiger partial charge in [-0.2, -0.15) is 0 Å². The topological polar surface area (TPSA) is 0 Å². The van der Waals surface area contributed by atoms with Crippen molar-refractivity contribution < 1.29 is 0 Å². The van der Waals surface area contributed by atoms with Crippen molar-refractivity contribution in [2.24, 2.45) is 11.8 Å². The van der Waals surface area contributed by atoms with Crippen LogP contribution in [0.1, 0.15) is 143 Å². The Hall–Kier alpha value is -1.08. The Bertz CT molecular complexity index is 713. The van der Waals surface area contributed by atoms with E-state index in [0.29, 0.717) is 5.92 Å². The molecule has 0 fully saturated rings. The number of benzene rings is 1. The minimum atomic E-state index is -0.353. The van der Waals surface area contributed by atoms with Crippen LogP contribution in [0.3, 0.4) is 0 Å². The zero-order valence-electron chi connectivity index (χ0n) is 24.1. The van der Waals surface area contributed by atoms with Crippen molar-refractivity contribution in [3.63, 3.8) is 0 Å². The summed E-state index contributed by atoms with van der Waals surface area (Å²) in [5, 5.41) is 3.48. The normalized spacial score (nSPS) is 17.0. The van der Waals surface area contributed by atoms with Crippen LogP contribution in [0.4, 0.5) is 0 Å². The molecule has 0 aliphatic heterocycles. The fourth-order valence-corrected chi connectivity index (χ4v) is 8.31. The largest absolute Gasteiger partial charge is 0.0835 e. The third kappa shape index (κ3) is 12.1. The van der Waals surface area contributed by atoms with E-state index in [0.717, 1.165) is 5.92 Å². The summed E-state index contributed by atoms with van der Waals surface area (Å²) in [6, 6.07) is 11.4. The predicted molar refractivity (Wildman–Crippen MR) is 163 cm³/mol. The second kappa shape index (κ2) is 19.1. The van der Waals surface area contributed by atoms with Crippen molar-refractivity contribution in [3.05, 3.63) is 52.8 Å². The van der Waals surface area contributed by atoms with Crippen LogP contribution in [0.5, 0.6) is 0 Å². The highest BCUT2D eigenvalue weighted by Gasteiger charge is 2.27. The molecule has 1 aromatic carbocycles. The maximum absolute atomic E-state index is 2.58. The van der Waals surface area contributed by atoms with Crippen molar-refractivity contribution in [2.75, 3.05) is 0 Å². The second-order valence-electron chi connectivity index (χ2n) is 11.5. The summed E-state index contributed by atoms with van der Waals surface area (Å²) in [5.41, 5.74) is 3.36. The van der Waals surface area contributed by atoms with Gasteiger partial charge in [0.25, 0.3) is 0 Å². The minimum Gasteiger partial charge on any atom is -0.0722 e. The van der Waals surface area contributed by atoms with E-state index in [-0.39, 0.29) is 9.52 Å². The Morgan fingerprint density at radius 2 is 1.17 bits per heavy atom. The molecule has 0 heterocycles. The minimum absolute atomic E-state index is 0.353. The summed E-state index contributed by atoms with van der Waals surface area (Å²) in [4.78, 5) is 0. The molecule has 0 saturated carbocycles. The first-order valence-corrected chi connectivity index (χ1v) is 17.0. The van der Waals surface area contributed by atoms with Crippen molar-refractivity contribution in [3.8, 4) is 0 Å². The molecule has 198 valence electrons.